The first-order valence-electron chi connectivity index (χ1n) is 22.6. The SMILES string of the molecule is Cc1ncc(N2CN(c3c(B4OB(C(C)(C)C)OB(C(C)(C)C)O4)cccc3C(C)(C)C)c3ccccc32)cc1Oc1ccc2c3ccccc3n(-c3cc(C(C)(C)C)ccn3)c2c1. The van der Waals surface area contributed by atoms with Gasteiger partial charge in [-0.25, -0.2) is 4.98 Å². The molecule has 0 radical (unpaired) electrons. The number of para-hydroxylation sites is 4. The molecule has 3 aromatic heterocycles. The molecule has 9 nitrogen and oxygen atoms in total. The summed E-state index contributed by atoms with van der Waals surface area (Å²) in [5.74, 6) is 2.28. The highest BCUT2D eigenvalue weighted by Gasteiger charge is 2.52. The third-order valence-electron chi connectivity index (χ3n) is 12.4. The van der Waals surface area contributed by atoms with E-state index in [1.807, 2.05) is 19.3 Å². The maximum atomic E-state index is 6.84. The van der Waals surface area contributed by atoms with Gasteiger partial charge in [0.2, 0.25) is 0 Å². The minimum absolute atomic E-state index is 0.0233. The molecule has 0 atom stereocenters. The van der Waals surface area contributed by atoms with Crippen LogP contribution in [0.1, 0.15) is 99.9 Å². The molecule has 0 bridgehead atoms. The van der Waals surface area contributed by atoms with E-state index in [0.29, 0.717) is 12.4 Å². The number of anilines is 4. The van der Waals surface area contributed by atoms with E-state index in [4.69, 9.17) is 28.4 Å². The van der Waals surface area contributed by atoms with Crippen LogP contribution >= 0.6 is 0 Å². The summed E-state index contributed by atoms with van der Waals surface area (Å²) in [6.07, 6.45) is 3.86. The minimum atomic E-state index is -0.656. The van der Waals surface area contributed by atoms with Crippen LogP contribution in [0.5, 0.6) is 11.5 Å². The average molecular weight is 852 g/mol. The Labute approximate surface area is 380 Å². The summed E-state index contributed by atoms with van der Waals surface area (Å²) in [7, 11) is -1.60. The van der Waals surface area contributed by atoms with Crippen molar-refractivity contribution in [2.75, 3.05) is 16.5 Å². The van der Waals surface area contributed by atoms with Gasteiger partial charge >= 0.3 is 21.4 Å². The van der Waals surface area contributed by atoms with E-state index in [0.717, 1.165) is 61.9 Å². The van der Waals surface area contributed by atoms with Gasteiger partial charge in [0.25, 0.3) is 0 Å². The van der Waals surface area contributed by atoms with Crippen molar-refractivity contribution in [1.82, 2.24) is 14.5 Å². The monoisotopic (exact) mass is 851 g/mol. The summed E-state index contributed by atoms with van der Waals surface area (Å²) in [6, 6.07) is 36.3. The molecule has 0 aliphatic carbocycles. The molecule has 5 heterocycles. The maximum Gasteiger partial charge on any atom is 0.468 e. The topological polar surface area (TPSA) is 74.1 Å². The molecule has 0 saturated carbocycles. The van der Waals surface area contributed by atoms with Gasteiger partial charge in [0, 0.05) is 40.3 Å². The predicted molar refractivity (Wildman–Crippen MR) is 267 cm³/mol. The molecule has 326 valence electrons. The van der Waals surface area contributed by atoms with Gasteiger partial charge in [0.1, 0.15) is 18.2 Å². The van der Waals surface area contributed by atoms with Crippen LogP contribution in [0.15, 0.2) is 116 Å². The van der Waals surface area contributed by atoms with Gasteiger partial charge in [-0.15, -0.1) is 0 Å². The highest BCUT2D eigenvalue weighted by atomic mass is 16.7. The third kappa shape index (κ3) is 8.09. The second-order valence-electron chi connectivity index (χ2n) is 21.7. The molecule has 7 aromatic rings. The molecule has 0 N–H and O–H groups in total. The van der Waals surface area contributed by atoms with Crippen LogP contribution in [-0.2, 0) is 24.5 Å². The van der Waals surface area contributed by atoms with Gasteiger partial charge in [-0.1, -0.05) is 132 Å². The second kappa shape index (κ2) is 15.9. The van der Waals surface area contributed by atoms with Crippen LogP contribution in [-0.4, -0.2) is 42.6 Å². The number of ether oxygens (including phenoxy) is 1. The molecule has 2 aliphatic heterocycles. The Hall–Kier alpha value is -5.55. The van der Waals surface area contributed by atoms with Gasteiger partial charge in [-0.3, -0.25) is 9.55 Å². The summed E-state index contributed by atoms with van der Waals surface area (Å²) in [5, 5.41) is 1.75. The number of aromatic nitrogens is 3. The first kappa shape index (κ1) is 43.7. The van der Waals surface area contributed by atoms with Crippen molar-refractivity contribution < 1.29 is 18.5 Å². The Morgan fingerprint density at radius 1 is 0.609 bits per heavy atom. The van der Waals surface area contributed by atoms with Crippen molar-refractivity contribution in [2.24, 2.45) is 0 Å². The van der Waals surface area contributed by atoms with Gasteiger partial charge in [-0.2, -0.15) is 0 Å². The largest absolute Gasteiger partial charge is 0.468 e. The lowest BCUT2D eigenvalue weighted by Crippen LogP contribution is -2.59. The average Bonchev–Trinajstić information content (AvgIpc) is 3.79. The van der Waals surface area contributed by atoms with Crippen molar-refractivity contribution in [1.29, 1.82) is 0 Å². The second-order valence-corrected chi connectivity index (χ2v) is 21.7. The van der Waals surface area contributed by atoms with Gasteiger partial charge in [0.15, 0.2) is 5.75 Å². The molecule has 0 amide bonds. The summed E-state index contributed by atoms with van der Waals surface area (Å²) in [5.41, 5.74) is 10.2. The lowest BCUT2D eigenvalue weighted by atomic mass is 9.50. The zero-order chi connectivity index (χ0) is 45.5. The van der Waals surface area contributed by atoms with E-state index in [9.17, 15) is 0 Å². The molecule has 2 aliphatic rings. The van der Waals surface area contributed by atoms with Crippen LogP contribution < -0.4 is 20.0 Å². The first-order chi connectivity index (χ1) is 30.2. The van der Waals surface area contributed by atoms with E-state index in [-0.39, 0.29) is 21.5 Å². The molecular formula is C52H60B3N5O4. The first-order valence-corrected chi connectivity index (χ1v) is 22.6. The third-order valence-corrected chi connectivity index (χ3v) is 12.4. The highest BCUT2D eigenvalue weighted by Crippen LogP contribution is 2.48. The number of nitrogens with zero attached hydrogens (tertiary/aromatic N) is 5. The van der Waals surface area contributed by atoms with Crippen LogP contribution in [0.3, 0.4) is 0 Å². The van der Waals surface area contributed by atoms with E-state index in [1.54, 1.807) is 0 Å². The molecule has 4 aromatic carbocycles. The number of hydrogen-bond donors (Lipinski definition) is 0. The highest BCUT2D eigenvalue weighted by molar-refractivity contribution is 6.81. The number of rotatable bonds is 6. The Bertz CT molecular complexity index is 2870. The fourth-order valence-corrected chi connectivity index (χ4v) is 8.83. The standard InChI is InChI=1S/C52H60B3N5O4/c1-34-46(61-37-25-26-39-38-19-14-15-22-42(38)60(45(39)31-37)47-29-35(27-28-56-47)49(2,3)4)30-36(32-57-34)58-33-59(44-24-17-16-23-43(44)58)48-40(50(5,6)7)20-18-21-41(48)53-62-54(51(8,9)10)64-55(63-53)52(11,12)13/h14-32H,33H2,1-13H3. The van der Waals surface area contributed by atoms with Crippen LogP contribution in [0, 0.1) is 6.92 Å². The molecule has 64 heavy (non-hydrogen) atoms. The summed E-state index contributed by atoms with van der Waals surface area (Å²) in [6.45, 7) is 28.9. The summed E-state index contributed by atoms with van der Waals surface area (Å²) >= 11 is 0. The van der Waals surface area contributed by atoms with Crippen LogP contribution in [0.25, 0.3) is 27.6 Å². The van der Waals surface area contributed by atoms with Crippen molar-refractivity contribution >= 4 is 71.4 Å². The van der Waals surface area contributed by atoms with Crippen molar-refractivity contribution in [3.63, 3.8) is 0 Å². The van der Waals surface area contributed by atoms with Crippen LogP contribution in [0.4, 0.5) is 22.7 Å². The van der Waals surface area contributed by atoms with E-state index < -0.39 is 21.4 Å². The number of benzene rings is 4. The van der Waals surface area contributed by atoms with Crippen molar-refractivity contribution in [2.45, 2.75) is 111 Å². The Balaban J connectivity index is 1.10. The normalized spacial score (nSPS) is 15.2. The lowest BCUT2D eigenvalue weighted by Gasteiger charge is -2.42. The Morgan fingerprint density at radius 3 is 1.94 bits per heavy atom. The van der Waals surface area contributed by atoms with E-state index >= 15 is 0 Å². The number of aryl methyl sites for hydroxylation is 1. The minimum Gasteiger partial charge on any atom is -0.455 e. The maximum absolute atomic E-state index is 6.84. The zero-order valence-electron chi connectivity index (χ0n) is 39.8. The lowest BCUT2D eigenvalue weighted by molar-refractivity contribution is 0.250. The Morgan fingerprint density at radius 2 is 1.27 bits per heavy atom. The Kier molecular flexibility index (Phi) is 10.8. The fourth-order valence-electron chi connectivity index (χ4n) is 8.83. The zero-order valence-corrected chi connectivity index (χ0v) is 39.8. The molecule has 1 saturated heterocycles. The summed E-state index contributed by atoms with van der Waals surface area (Å²) in [4.78, 5) is 14.5. The molecule has 12 heteroatoms. The molecule has 1 fully saturated rings. The number of hydrogen-bond acceptors (Lipinski definition) is 8. The van der Waals surface area contributed by atoms with E-state index in [2.05, 4.69) is 201 Å². The molecular weight excluding hydrogens is 791 g/mol. The summed E-state index contributed by atoms with van der Waals surface area (Å²) < 4.78 is 29.2. The van der Waals surface area contributed by atoms with Gasteiger partial charge in [-0.05, 0) is 82.0 Å². The van der Waals surface area contributed by atoms with E-state index in [1.165, 1.54) is 16.5 Å². The smallest absolute Gasteiger partial charge is 0.455 e. The fraction of sp³-hybridized carbons (Fsp3) is 0.346. The molecule has 9 rings (SSSR count). The van der Waals surface area contributed by atoms with Gasteiger partial charge in [0.05, 0.1) is 40.0 Å². The number of pyridine rings is 2. The van der Waals surface area contributed by atoms with Gasteiger partial charge < -0.3 is 28.3 Å². The molecule has 0 spiro atoms. The van der Waals surface area contributed by atoms with Crippen molar-refractivity contribution in [3.05, 3.63) is 132 Å². The predicted octanol–water partition coefficient (Wildman–Crippen LogP) is 12.9. The molecule has 0 unspecified atom stereocenters. The quantitative estimate of drug-likeness (QED) is 0.153. The van der Waals surface area contributed by atoms with Crippen LogP contribution in [0.2, 0.25) is 10.6 Å². The van der Waals surface area contributed by atoms with Crippen molar-refractivity contribution in [3.8, 4) is 17.3 Å². The number of fused-ring (bicyclic) bond motifs is 4.